The van der Waals surface area contributed by atoms with Crippen LogP contribution >= 0.6 is 0 Å². The molecule has 0 bridgehead atoms. The average Bonchev–Trinajstić information content (AvgIpc) is 3.18. The fourth-order valence-corrected chi connectivity index (χ4v) is 3.66. The number of aryl methyl sites for hydroxylation is 2. The second-order valence-electron chi connectivity index (χ2n) is 6.62. The van der Waals surface area contributed by atoms with Crippen molar-refractivity contribution in [3.05, 3.63) is 53.6 Å². The number of benzene rings is 1. The predicted octanol–water partition coefficient (Wildman–Crippen LogP) is 2.90. The van der Waals surface area contributed by atoms with Crippen LogP contribution in [0.4, 0.5) is 0 Å². The molecule has 4 heteroatoms. The molecule has 0 radical (unpaired) electrons. The molecule has 4 nitrogen and oxygen atoms in total. The highest BCUT2D eigenvalue weighted by Crippen LogP contribution is 2.41. The van der Waals surface area contributed by atoms with Crippen LogP contribution in [0.25, 0.3) is 0 Å². The Morgan fingerprint density at radius 1 is 1.35 bits per heavy atom. The molecule has 0 aliphatic heterocycles. The topological polar surface area (TPSA) is 46.9 Å². The van der Waals surface area contributed by atoms with Gasteiger partial charge in [-0.25, -0.2) is 4.98 Å². The van der Waals surface area contributed by atoms with Crippen molar-refractivity contribution in [3.8, 4) is 0 Å². The van der Waals surface area contributed by atoms with E-state index in [1.165, 1.54) is 11.1 Å². The van der Waals surface area contributed by atoms with Gasteiger partial charge in [0.25, 0.3) is 0 Å². The lowest BCUT2D eigenvalue weighted by Crippen LogP contribution is -2.43. The van der Waals surface area contributed by atoms with Crippen molar-refractivity contribution in [1.29, 1.82) is 0 Å². The van der Waals surface area contributed by atoms with Crippen LogP contribution in [0.5, 0.6) is 0 Å². The Morgan fingerprint density at radius 3 is 2.78 bits per heavy atom. The lowest BCUT2D eigenvalue weighted by molar-refractivity contribution is -0.126. The van der Waals surface area contributed by atoms with Crippen molar-refractivity contribution in [2.24, 2.45) is 7.05 Å². The molecule has 0 saturated heterocycles. The minimum Gasteiger partial charge on any atom is -0.355 e. The van der Waals surface area contributed by atoms with E-state index in [9.17, 15) is 4.79 Å². The fraction of sp³-hybridized carbons (Fsp3) is 0.474. The van der Waals surface area contributed by atoms with Gasteiger partial charge in [0.1, 0.15) is 5.82 Å². The van der Waals surface area contributed by atoms with Crippen molar-refractivity contribution in [1.82, 2.24) is 14.9 Å². The molecule has 0 atom stereocenters. The molecule has 23 heavy (non-hydrogen) atoms. The maximum absolute atomic E-state index is 13.0. The molecular formula is C19H25N3O. The van der Waals surface area contributed by atoms with Crippen LogP contribution < -0.4 is 5.32 Å². The molecule has 122 valence electrons. The van der Waals surface area contributed by atoms with Crippen LogP contribution in [-0.2, 0) is 23.7 Å². The number of imidazole rings is 1. The van der Waals surface area contributed by atoms with E-state index in [4.69, 9.17) is 0 Å². The van der Waals surface area contributed by atoms with Gasteiger partial charge in [-0.3, -0.25) is 4.79 Å². The zero-order valence-corrected chi connectivity index (χ0v) is 14.0. The van der Waals surface area contributed by atoms with Crippen LogP contribution in [0.2, 0.25) is 0 Å². The van der Waals surface area contributed by atoms with Crippen LogP contribution in [-0.4, -0.2) is 22.0 Å². The molecule has 0 unspecified atom stereocenters. The van der Waals surface area contributed by atoms with E-state index in [1.54, 1.807) is 6.20 Å². The van der Waals surface area contributed by atoms with E-state index in [0.717, 1.165) is 37.9 Å². The number of hydrogen-bond acceptors (Lipinski definition) is 2. The molecule has 1 aliphatic carbocycles. The monoisotopic (exact) mass is 311 g/mol. The summed E-state index contributed by atoms with van der Waals surface area (Å²) < 4.78 is 2.00. The summed E-state index contributed by atoms with van der Waals surface area (Å²) in [6, 6.07) is 8.43. The summed E-state index contributed by atoms with van der Waals surface area (Å²) in [6.07, 6.45) is 8.64. The first-order valence-corrected chi connectivity index (χ1v) is 8.43. The number of nitrogens with zero attached hydrogens (tertiary/aromatic N) is 2. The molecule has 3 rings (SSSR count). The third kappa shape index (κ3) is 3.16. The highest BCUT2D eigenvalue weighted by atomic mass is 16.2. The number of rotatable bonds is 5. The Kier molecular flexibility index (Phi) is 4.51. The van der Waals surface area contributed by atoms with Gasteiger partial charge in [-0.1, -0.05) is 42.7 Å². The molecule has 0 spiro atoms. The van der Waals surface area contributed by atoms with E-state index in [0.29, 0.717) is 6.54 Å². The third-order valence-corrected chi connectivity index (χ3v) is 5.02. The van der Waals surface area contributed by atoms with E-state index in [2.05, 4.69) is 41.5 Å². The Balaban J connectivity index is 1.71. The van der Waals surface area contributed by atoms with Gasteiger partial charge >= 0.3 is 0 Å². The van der Waals surface area contributed by atoms with Crippen molar-refractivity contribution in [2.75, 3.05) is 6.54 Å². The van der Waals surface area contributed by atoms with E-state index < -0.39 is 0 Å². The first-order chi connectivity index (χ1) is 11.1. The van der Waals surface area contributed by atoms with Crippen molar-refractivity contribution >= 4 is 5.91 Å². The Labute approximate surface area is 137 Å². The van der Waals surface area contributed by atoms with Crippen molar-refractivity contribution in [2.45, 2.75) is 44.4 Å². The molecule has 1 fully saturated rings. The van der Waals surface area contributed by atoms with Gasteiger partial charge in [0.15, 0.2) is 0 Å². The smallest absolute Gasteiger partial charge is 0.230 e. The lowest BCUT2D eigenvalue weighted by atomic mass is 9.77. The van der Waals surface area contributed by atoms with Crippen molar-refractivity contribution in [3.63, 3.8) is 0 Å². The van der Waals surface area contributed by atoms with Gasteiger partial charge in [-0.15, -0.1) is 0 Å². The first kappa shape index (κ1) is 15.8. The maximum atomic E-state index is 13.0. The standard InChI is InChI=1S/C19H25N3O/c1-15-6-5-7-16(14-15)19(9-3-4-10-19)18(23)21-11-8-17-20-12-13-22(17)2/h5-7,12-14H,3-4,8-11H2,1-2H3,(H,21,23). The summed E-state index contributed by atoms with van der Waals surface area (Å²) in [5, 5.41) is 3.16. The normalized spacial score (nSPS) is 16.4. The van der Waals surface area contributed by atoms with E-state index >= 15 is 0 Å². The SMILES string of the molecule is Cc1cccc(C2(C(=O)NCCc3nccn3C)CCCC2)c1. The van der Waals surface area contributed by atoms with Gasteiger partial charge in [0, 0.05) is 32.4 Å². The number of aromatic nitrogens is 2. The fourth-order valence-electron chi connectivity index (χ4n) is 3.66. The molecule has 1 aromatic heterocycles. The summed E-state index contributed by atoms with van der Waals surface area (Å²) in [4.78, 5) is 17.3. The average molecular weight is 311 g/mol. The quantitative estimate of drug-likeness (QED) is 0.923. The highest BCUT2D eigenvalue weighted by molar-refractivity contribution is 5.88. The Hall–Kier alpha value is -2.10. The van der Waals surface area contributed by atoms with Gasteiger partial charge in [0.2, 0.25) is 5.91 Å². The predicted molar refractivity (Wildman–Crippen MR) is 91.2 cm³/mol. The summed E-state index contributed by atoms with van der Waals surface area (Å²) >= 11 is 0. The second kappa shape index (κ2) is 6.57. The number of carbonyl (C=O) groups is 1. The molecule has 1 heterocycles. The van der Waals surface area contributed by atoms with Crippen LogP contribution in [0.1, 0.15) is 42.6 Å². The number of hydrogen-bond donors (Lipinski definition) is 1. The van der Waals surface area contributed by atoms with Gasteiger partial charge < -0.3 is 9.88 Å². The number of amides is 1. The maximum Gasteiger partial charge on any atom is 0.230 e. The number of nitrogens with one attached hydrogen (secondary N) is 1. The zero-order chi connectivity index (χ0) is 16.3. The summed E-state index contributed by atoms with van der Waals surface area (Å²) in [7, 11) is 1.98. The first-order valence-electron chi connectivity index (χ1n) is 8.43. The molecule has 1 aliphatic rings. The molecule has 1 amide bonds. The summed E-state index contributed by atoms with van der Waals surface area (Å²) in [5.41, 5.74) is 2.05. The zero-order valence-electron chi connectivity index (χ0n) is 14.0. The van der Waals surface area contributed by atoms with Gasteiger partial charge in [0.05, 0.1) is 5.41 Å². The largest absolute Gasteiger partial charge is 0.355 e. The number of carbonyl (C=O) groups excluding carboxylic acids is 1. The molecule has 1 aromatic carbocycles. The van der Waals surface area contributed by atoms with Gasteiger partial charge in [-0.2, -0.15) is 0 Å². The van der Waals surface area contributed by atoms with E-state index in [1.807, 2.05) is 17.8 Å². The third-order valence-electron chi connectivity index (χ3n) is 5.02. The Morgan fingerprint density at radius 2 is 2.13 bits per heavy atom. The molecule has 1 N–H and O–H groups in total. The lowest BCUT2D eigenvalue weighted by Gasteiger charge is -2.28. The molecule has 1 saturated carbocycles. The van der Waals surface area contributed by atoms with Crippen LogP contribution in [0.15, 0.2) is 36.7 Å². The minimum atomic E-state index is -0.340. The summed E-state index contributed by atoms with van der Waals surface area (Å²) in [5.74, 6) is 1.18. The van der Waals surface area contributed by atoms with Crippen LogP contribution in [0, 0.1) is 6.92 Å². The molecule has 2 aromatic rings. The van der Waals surface area contributed by atoms with E-state index in [-0.39, 0.29) is 11.3 Å². The van der Waals surface area contributed by atoms with Crippen LogP contribution in [0.3, 0.4) is 0 Å². The molecular weight excluding hydrogens is 286 g/mol. The second-order valence-corrected chi connectivity index (χ2v) is 6.62. The minimum absolute atomic E-state index is 0.176. The summed E-state index contributed by atoms with van der Waals surface area (Å²) in [6.45, 7) is 2.72. The Bertz CT molecular complexity index is 683. The van der Waals surface area contributed by atoms with Crippen molar-refractivity contribution < 1.29 is 4.79 Å². The van der Waals surface area contributed by atoms with Gasteiger partial charge in [-0.05, 0) is 25.3 Å². The highest BCUT2D eigenvalue weighted by Gasteiger charge is 2.42.